The van der Waals surface area contributed by atoms with Crippen molar-refractivity contribution in [1.82, 2.24) is 14.5 Å². The van der Waals surface area contributed by atoms with Crippen molar-refractivity contribution in [3.8, 4) is 0 Å². The van der Waals surface area contributed by atoms with E-state index in [1.165, 1.54) is 0 Å². The first kappa shape index (κ1) is 14.0. The second-order valence-electron chi connectivity index (χ2n) is 4.09. The Balaban J connectivity index is 2.42. The molecule has 0 saturated heterocycles. The van der Waals surface area contributed by atoms with Gasteiger partial charge in [-0.1, -0.05) is 6.07 Å². The van der Waals surface area contributed by atoms with Gasteiger partial charge in [0.25, 0.3) is 5.56 Å². The van der Waals surface area contributed by atoms with E-state index in [0.717, 1.165) is 17.9 Å². The number of anilines is 1. The Labute approximate surface area is 125 Å². The van der Waals surface area contributed by atoms with Crippen LogP contribution in [0.1, 0.15) is 18.3 Å². The second kappa shape index (κ2) is 6.14. The van der Waals surface area contributed by atoms with Crippen LogP contribution >= 0.6 is 22.6 Å². The molecule has 100 valence electrons. The van der Waals surface area contributed by atoms with Crippen LogP contribution in [0.15, 0.2) is 29.3 Å². The van der Waals surface area contributed by atoms with E-state index in [2.05, 4.69) is 15.3 Å². The summed E-state index contributed by atoms with van der Waals surface area (Å²) in [6.07, 6.45) is 3.34. The molecule has 0 amide bonds. The molecule has 2 heterocycles. The lowest BCUT2D eigenvalue weighted by Crippen LogP contribution is -2.26. The van der Waals surface area contributed by atoms with Gasteiger partial charge in [-0.05, 0) is 42.5 Å². The van der Waals surface area contributed by atoms with E-state index < -0.39 is 0 Å². The van der Waals surface area contributed by atoms with Crippen molar-refractivity contribution in [3.05, 3.63) is 49.8 Å². The third-order valence-electron chi connectivity index (χ3n) is 2.77. The van der Waals surface area contributed by atoms with Gasteiger partial charge >= 0.3 is 0 Å². The summed E-state index contributed by atoms with van der Waals surface area (Å²) in [5, 5.41) is 3.20. The van der Waals surface area contributed by atoms with Crippen molar-refractivity contribution in [3.63, 3.8) is 0 Å². The minimum absolute atomic E-state index is 0.0144. The highest BCUT2D eigenvalue weighted by Crippen LogP contribution is 2.13. The number of nitrogens with zero attached hydrogens (tertiary/aromatic N) is 3. The molecular weight excluding hydrogens is 355 g/mol. The molecule has 0 fully saturated rings. The maximum absolute atomic E-state index is 12.1. The summed E-state index contributed by atoms with van der Waals surface area (Å²) in [4.78, 5) is 20.7. The van der Waals surface area contributed by atoms with Gasteiger partial charge in [-0.25, -0.2) is 9.97 Å². The molecule has 6 heteroatoms. The maximum Gasteiger partial charge on any atom is 0.267 e. The number of aryl methyl sites for hydroxylation is 1. The maximum atomic E-state index is 12.1. The first-order valence-electron chi connectivity index (χ1n) is 6.03. The predicted octanol–water partition coefficient (Wildman–Crippen LogP) is 2.03. The third kappa shape index (κ3) is 3.12. The van der Waals surface area contributed by atoms with Crippen LogP contribution in [0.2, 0.25) is 0 Å². The van der Waals surface area contributed by atoms with E-state index in [-0.39, 0.29) is 5.56 Å². The Morgan fingerprint density at radius 3 is 2.95 bits per heavy atom. The van der Waals surface area contributed by atoms with Crippen LogP contribution < -0.4 is 10.9 Å². The van der Waals surface area contributed by atoms with Gasteiger partial charge in [0.2, 0.25) is 0 Å². The lowest BCUT2D eigenvalue weighted by molar-refractivity contribution is 0.694. The normalized spacial score (nSPS) is 10.5. The highest BCUT2D eigenvalue weighted by atomic mass is 127. The Kier molecular flexibility index (Phi) is 4.52. The van der Waals surface area contributed by atoms with E-state index in [0.29, 0.717) is 15.9 Å². The highest BCUT2D eigenvalue weighted by molar-refractivity contribution is 14.1. The van der Waals surface area contributed by atoms with E-state index in [1.807, 2.05) is 48.6 Å². The van der Waals surface area contributed by atoms with Gasteiger partial charge in [0.05, 0.1) is 10.1 Å². The summed E-state index contributed by atoms with van der Waals surface area (Å²) in [7, 11) is 0. The van der Waals surface area contributed by atoms with Crippen LogP contribution in [-0.2, 0) is 6.54 Å². The Morgan fingerprint density at radius 2 is 2.21 bits per heavy atom. The van der Waals surface area contributed by atoms with Crippen molar-refractivity contribution in [2.75, 3.05) is 11.9 Å². The largest absolute Gasteiger partial charge is 0.370 e. The number of nitrogens with one attached hydrogen (secondary N) is 1. The monoisotopic (exact) mass is 370 g/mol. The zero-order valence-corrected chi connectivity index (χ0v) is 13.0. The van der Waals surface area contributed by atoms with Crippen LogP contribution in [0.3, 0.4) is 0 Å². The number of aromatic nitrogens is 3. The van der Waals surface area contributed by atoms with Crippen LogP contribution in [0.5, 0.6) is 0 Å². The molecule has 0 unspecified atom stereocenters. The fraction of sp³-hybridized carbons (Fsp3) is 0.308. The molecule has 2 aromatic rings. The van der Waals surface area contributed by atoms with Gasteiger partial charge in [0.1, 0.15) is 11.6 Å². The van der Waals surface area contributed by atoms with E-state index in [9.17, 15) is 4.79 Å². The average molecular weight is 370 g/mol. The van der Waals surface area contributed by atoms with Crippen LogP contribution in [0.25, 0.3) is 0 Å². The molecule has 0 radical (unpaired) electrons. The fourth-order valence-electron chi connectivity index (χ4n) is 1.80. The molecule has 2 aromatic heterocycles. The van der Waals surface area contributed by atoms with Crippen molar-refractivity contribution >= 4 is 28.4 Å². The molecule has 0 saturated carbocycles. The lowest BCUT2D eigenvalue weighted by atomic mass is 10.2. The molecule has 5 nitrogen and oxygen atoms in total. The molecule has 0 aliphatic rings. The molecule has 0 atom stereocenters. The quantitative estimate of drug-likeness (QED) is 0.837. The Bertz CT molecular complexity index is 639. The number of hydrogen-bond acceptors (Lipinski definition) is 4. The van der Waals surface area contributed by atoms with Gasteiger partial charge in [0.15, 0.2) is 0 Å². The van der Waals surface area contributed by atoms with Gasteiger partial charge in [-0.3, -0.25) is 9.36 Å². The van der Waals surface area contributed by atoms with Crippen molar-refractivity contribution < 1.29 is 0 Å². The summed E-state index contributed by atoms with van der Waals surface area (Å²) in [6, 6.07) is 3.84. The van der Waals surface area contributed by atoms with Crippen molar-refractivity contribution in [2.24, 2.45) is 0 Å². The Hall–Kier alpha value is -1.44. The van der Waals surface area contributed by atoms with E-state index in [4.69, 9.17) is 0 Å². The zero-order chi connectivity index (χ0) is 13.8. The topological polar surface area (TPSA) is 59.8 Å². The van der Waals surface area contributed by atoms with Gasteiger partial charge < -0.3 is 5.32 Å². The van der Waals surface area contributed by atoms with Crippen molar-refractivity contribution in [2.45, 2.75) is 20.4 Å². The molecule has 19 heavy (non-hydrogen) atoms. The molecule has 2 rings (SSSR count). The molecule has 0 aliphatic heterocycles. The second-order valence-corrected chi connectivity index (χ2v) is 5.25. The standard InChI is InChI=1S/C13H15IN4O/c1-3-15-12-10(5-4-6-16-12)8-18-9(2)17-7-11(14)13(18)19/h4-7H,3,8H2,1-2H3,(H,15,16). The minimum Gasteiger partial charge on any atom is -0.370 e. The van der Waals surface area contributed by atoms with Crippen molar-refractivity contribution in [1.29, 1.82) is 0 Å². The molecule has 0 aliphatic carbocycles. The number of hydrogen-bond donors (Lipinski definition) is 1. The molecule has 1 N–H and O–H groups in total. The molecule has 0 spiro atoms. The summed E-state index contributed by atoms with van der Waals surface area (Å²) in [5.74, 6) is 1.52. The van der Waals surface area contributed by atoms with Crippen LogP contribution in [0.4, 0.5) is 5.82 Å². The first-order chi connectivity index (χ1) is 9.13. The number of pyridine rings is 1. The summed E-state index contributed by atoms with van der Waals surface area (Å²) >= 11 is 2.01. The first-order valence-corrected chi connectivity index (χ1v) is 7.11. The number of halogens is 1. The summed E-state index contributed by atoms with van der Waals surface area (Å²) in [5.41, 5.74) is 0.970. The molecule has 0 aromatic carbocycles. The summed E-state index contributed by atoms with van der Waals surface area (Å²) in [6.45, 7) is 5.12. The fourth-order valence-corrected chi connectivity index (χ4v) is 2.23. The predicted molar refractivity (Wildman–Crippen MR) is 83.5 cm³/mol. The van der Waals surface area contributed by atoms with Gasteiger partial charge in [0, 0.05) is 24.5 Å². The Morgan fingerprint density at radius 1 is 1.42 bits per heavy atom. The number of rotatable bonds is 4. The highest BCUT2D eigenvalue weighted by Gasteiger charge is 2.09. The lowest BCUT2D eigenvalue weighted by Gasteiger charge is -2.13. The van der Waals surface area contributed by atoms with E-state index in [1.54, 1.807) is 17.0 Å². The summed E-state index contributed by atoms with van der Waals surface area (Å²) < 4.78 is 2.29. The minimum atomic E-state index is -0.0144. The van der Waals surface area contributed by atoms with E-state index >= 15 is 0 Å². The van der Waals surface area contributed by atoms with Gasteiger partial charge in [-0.2, -0.15) is 0 Å². The molecular formula is C13H15IN4O. The van der Waals surface area contributed by atoms with Gasteiger partial charge in [-0.15, -0.1) is 0 Å². The average Bonchev–Trinajstić information content (AvgIpc) is 2.41. The third-order valence-corrected chi connectivity index (χ3v) is 3.51. The smallest absolute Gasteiger partial charge is 0.267 e. The van der Waals surface area contributed by atoms with Crippen LogP contribution in [0, 0.1) is 10.5 Å². The molecule has 0 bridgehead atoms. The zero-order valence-electron chi connectivity index (χ0n) is 10.9. The SMILES string of the molecule is CCNc1ncccc1Cn1c(C)ncc(I)c1=O. The van der Waals surface area contributed by atoms with Crippen LogP contribution in [-0.4, -0.2) is 21.1 Å².